The van der Waals surface area contributed by atoms with Gasteiger partial charge in [-0.15, -0.1) is 0 Å². The molecule has 0 radical (unpaired) electrons. The van der Waals surface area contributed by atoms with Crippen molar-refractivity contribution < 1.29 is 4.39 Å². The van der Waals surface area contributed by atoms with Gasteiger partial charge in [-0.25, -0.2) is 4.39 Å². The quantitative estimate of drug-likeness (QED) is 0.714. The topological polar surface area (TPSA) is 50.9 Å². The second-order valence-corrected chi connectivity index (χ2v) is 6.12. The third-order valence-electron chi connectivity index (χ3n) is 4.35. The van der Waals surface area contributed by atoms with Gasteiger partial charge in [-0.2, -0.15) is 0 Å². The van der Waals surface area contributed by atoms with E-state index in [0.717, 1.165) is 22.4 Å². The van der Waals surface area contributed by atoms with Crippen molar-refractivity contribution in [1.29, 1.82) is 0 Å². The van der Waals surface area contributed by atoms with Crippen LogP contribution in [-0.2, 0) is 6.54 Å². The SMILES string of the molecule is Cc1cc(F)cnc1CNC(c1ccccc1)C(N)c1ccccc1. The van der Waals surface area contributed by atoms with Crippen molar-refractivity contribution in [3.05, 3.63) is 101 Å². The summed E-state index contributed by atoms with van der Waals surface area (Å²) in [5.41, 5.74) is 10.4. The van der Waals surface area contributed by atoms with Gasteiger partial charge in [0.05, 0.1) is 17.9 Å². The second-order valence-electron chi connectivity index (χ2n) is 6.12. The maximum atomic E-state index is 13.3. The summed E-state index contributed by atoms with van der Waals surface area (Å²) < 4.78 is 13.3. The van der Waals surface area contributed by atoms with E-state index < -0.39 is 0 Å². The van der Waals surface area contributed by atoms with Crippen LogP contribution >= 0.6 is 0 Å². The Balaban J connectivity index is 1.84. The zero-order valence-corrected chi connectivity index (χ0v) is 14.2. The Kier molecular flexibility index (Phi) is 5.53. The smallest absolute Gasteiger partial charge is 0.141 e. The van der Waals surface area contributed by atoms with E-state index in [2.05, 4.69) is 22.4 Å². The van der Waals surface area contributed by atoms with E-state index in [1.54, 1.807) is 0 Å². The molecule has 0 aliphatic rings. The van der Waals surface area contributed by atoms with E-state index in [0.29, 0.717) is 6.54 Å². The van der Waals surface area contributed by atoms with Crippen LogP contribution < -0.4 is 11.1 Å². The van der Waals surface area contributed by atoms with Crippen LogP contribution in [0.3, 0.4) is 0 Å². The minimum Gasteiger partial charge on any atom is -0.322 e. The highest BCUT2D eigenvalue weighted by Crippen LogP contribution is 2.27. The fourth-order valence-electron chi connectivity index (χ4n) is 2.94. The van der Waals surface area contributed by atoms with Crippen molar-refractivity contribution >= 4 is 0 Å². The molecule has 0 amide bonds. The lowest BCUT2D eigenvalue weighted by molar-refractivity contribution is 0.448. The van der Waals surface area contributed by atoms with Crippen molar-refractivity contribution in [3.8, 4) is 0 Å². The maximum absolute atomic E-state index is 13.3. The van der Waals surface area contributed by atoms with Crippen molar-refractivity contribution in [2.75, 3.05) is 0 Å². The summed E-state index contributed by atoms with van der Waals surface area (Å²) in [6.07, 6.45) is 1.25. The van der Waals surface area contributed by atoms with E-state index in [1.165, 1.54) is 12.3 Å². The number of nitrogens with zero attached hydrogens (tertiary/aromatic N) is 1. The van der Waals surface area contributed by atoms with Crippen LogP contribution in [0.1, 0.15) is 34.5 Å². The standard InChI is InChI=1S/C21H22FN3/c1-15-12-18(22)13-24-19(15)14-25-21(17-10-6-3-7-11-17)20(23)16-8-4-2-5-9-16/h2-13,20-21,25H,14,23H2,1H3. The third-order valence-corrected chi connectivity index (χ3v) is 4.35. The van der Waals surface area contributed by atoms with Gasteiger partial charge in [0.1, 0.15) is 5.82 Å². The number of aromatic nitrogens is 1. The van der Waals surface area contributed by atoms with Crippen LogP contribution in [0.15, 0.2) is 72.9 Å². The highest BCUT2D eigenvalue weighted by atomic mass is 19.1. The third kappa shape index (κ3) is 4.29. The van der Waals surface area contributed by atoms with Crippen molar-refractivity contribution in [1.82, 2.24) is 10.3 Å². The Bertz CT molecular complexity index is 806. The molecule has 4 heteroatoms. The molecule has 0 saturated carbocycles. The molecular formula is C21H22FN3. The van der Waals surface area contributed by atoms with E-state index in [-0.39, 0.29) is 17.9 Å². The summed E-state index contributed by atoms with van der Waals surface area (Å²) in [5, 5.41) is 3.50. The molecule has 1 heterocycles. The number of aryl methyl sites for hydroxylation is 1. The number of halogens is 1. The van der Waals surface area contributed by atoms with Gasteiger partial charge in [0.2, 0.25) is 0 Å². The summed E-state index contributed by atoms with van der Waals surface area (Å²) >= 11 is 0. The van der Waals surface area contributed by atoms with Gasteiger partial charge in [-0.3, -0.25) is 4.98 Å². The summed E-state index contributed by atoms with van der Waals surface area (Å²) in [7, 11) is 0. The Morgan fingerprint density at radius 1 is 1.00 bits per heavy atom. The largest absolute Gasteiger partial charge is 0.322 e. The first kappa shape index (κ1) is 17.3. The average molecular weight is 335 g/mol. The Labute approximate surface area is 147 Å². The van der Waals surface area contributed by atoms with E-state index in [1.807, 2.05) is 55.5 Å². The predicted molar refractivity (Wildman–Crippen MR) is 98.3 cm³/mol. The second kappa shape index (κ2) is 8.01. The fraction of sp³-hybridized carbons (Fsp3) is 0.190. The first-order valence-electron chi connectivity index (χ1n) is 8.35. The molecular weight excluding hydrogens is 313 g/mol. The molecule has 0 saturated heterocycles. The lowest BCUT2D eigenvalue weighted by atomic mass is 9.94. The molecule has 128 valence electrons. The Hall–Kier alpha value is -2.56. The summed E-state index contributed by atoms with van der Waals surface area (Å²) in [6.45, 7) is 2.38. The molecule has 3 nitrogen and oxygen atoms in total. The number of nitrogens with two attached hydrogens (primary N) is 1. The number of hydrogen-bond donors (Lipinski definition) is 2. The van der Waals surface area contributed by atoms with E-state index in [4.69, 9.17) is 5.73 Å². The summed E-state index contributed by atoms with van der Waals surface area (Å²) in [6, 6.07) is 21.4. The minimum atomic E-state index is -0.318. The predicted octanol–water partition coefficient (Wildman–Crippen LogP) is 4.06. The fourth-order valence-corrected chi connectivity index (χ4v) is 2.94. The molecule has 2 aromatic carbocycles. The highest BCUT2D eigenvalue weighted by molar-refractivity contribution is 5.28. The normalized spacial score (nSPS) is 13.4. The molecule has 0 aliphatic carbocycles. The molecule has 0 spiro atoms. The van der Waals surface area contributed by atoms with Gasteiger partial charge in [0.15, 0.2) is 0 Å². The molecule has 0 fully saturated rings. The molecule has 3 aromatic rings. The van der Waals surface area contributed by atoms with Crippen molar-refractivity contribution in [2.45, 2.75) is 25.6 Å². The van der Waals surface area contributed by atoms with Crippen LogP contribution in [0.25, 0.3) is 0 Å². The van der Waals surface area contributed by atoms with Crippen LogP contribution in [0.4, 0.5) is 4.39 Å². The zero-order valence-electron chi connectivity index (χ0n) is 14.2. The first-order chi connectivity index (χ1) is 12.1. The highest BCUT2D eigenvalue weighted by Gasteiger charge is 2.21. The monoisotopic (exact) mass is 335 g/mol. The Morgan fingerprint density at radius 3 is 2.20 bits per heavy atom. The summed E-state index contributed by atoms with van der Waals surface area (Å²) in [4.78, 5) is 4.20. The number of nitrogens with one attached hydrogen (secondary N) is 1. The van der Waals surface area contributed by atoms with Gasteiger partial charge in [-0.1, -0.05) is 60.7 Å². The average Bonchev–Trinajstić information content (AvgIpc) is 2.65. The summed E-state index contributed by atoms with van der Waals surface area (Å²) in [5.74, 6) is -0.318. The molecule has 1 aromatic heterocycles. The minimum absolute atomic E-state index is 0.0742. The van der Waals surface area contributed by atoms with Crippen LogP contribution in [0.5, 0.6) is 0 Å². The van der Waals surface area contributed by atoms with Crippen LogP contribution in [0.2, 0.25) is 0 Å². The number of hydrogen-bond acceptors (Lipinski definition) is 3. The first-order valence-corrected chi connectivity index (χ1v) is 8.35. The molecule has 0 aliphatic heterocycles. The molecule has 0 bridgehead atoms. The molecule has 25 heavy (non-hydrogen) atoms. The van der Waals surface area contributed by atoms with Crippen molar-refractivity contribution in [2.24, 2.45) is 5.73 Å². The Morgan fingerprint density at radius 2 is 1.60 bits per heavy atom. The van der Waals surface area contributed by atoms with Gasteiger partial charge in [-0.05, 0) is 29.7 Å². The van der Waals surface area contributed by atoms with Crippen LogP contribution in [0, 0.1) is 12.7 Å². The van der Waals surface area contributed by atoms with Gasteiger partial charge in [0.25, 0.3) is 0 Å². The number of benzene rings is 2. The van der Waals surface area contributed by atoms with E-state index in [9.17, 15) is 4.39 Å². The van der Waals surface area contributed by atoms with Gasteiger partial charge < -0.3 is 11.1 Å². The lowest BCUT2D eigenvalue weighted by Crippen LogP contribution is -2.32. The molecule has 2 unspecified atom stereocenters. The number of pyridine rings is 1. The van der Waals surface area contributed by atoms with Crippen LogP contribution in [-0.4, -0.2) is 4.98 Å². The van der Waals surface area contributed by atoms with Crippen molar-refractivity contribution in [3.63, 3.8) is 0 Å². The van der Waals surface area contributed by atoms with Gasteiger partial charge in [0, 0.05) is 12.6 Å². The number of rotatable bonds is 6. The van der Waals surface area contributed by atoms with Gasteiger partial charge >= 0.3 is 0 Å². The maximum Gasteiger partial charge on any atom is 0.141 e. The lowest BCUT2D eigenvalue weighted by Gasteiger charge is -2.26. The van der Waals surface area contributed by atoms with E-state index >= 15 is 0 Å². The molecule has 3 rings (SSSR count). The zero-order chi connectivity index (χ0) is 17.6. The molecule has 3 N–H and O–H groups in total. The molecule has 2 atom stereocenters.